The Balaban J connectivity index is 1.96. The Kier molecular flexibility index (Phi) is 4.30. The van der Waals surface area contributed by atoms with Crippen LogP contribution in [0.3, 0.4) is 0 Å². The second-order valence-corrected chi connectivity index (χ2v) is 4.40. The van der Waals surface area contributed by atoms with E-state index < -0.39 is 0 Å². The van der Waals surface area contributed by atoms with E-state index in [0.29, 0.717) is 0 Å². The van der Waals surface area contributed by atoms with Crippen molar-refractivity contribution in [2.24, 2.45) is 0 Å². The molecule has 0 aliphatic heterocycles. The molecule has 2 aromatic rings. The summed E-state index contributed by atoms with van der Waals surface area (Å²) >= 11 is 0. The Hall–Kier alpha value is -1.43. The van der Waals surface area contributed by atoms with E-state index in [1.165, 1.54) is 6.39 Å². The van der Waals surface area contributed by atoms with Crippen molar-refractivity contribution in [3.8, 4) is 0 Å². The number of nitrogens with zero attached hydrogens (tertiary/aromatic N) is 2. The number of hydrogen-bond acceptors (Lipinski definition) is 5. The summed E-state index contributed by atoms with van der Waals surface area (Å²) in [6, 6.07) is 5.73. The van der Waals surface area contributed by atoms with Crippen LogP contribution >= 0.6 is 0 Å². The second kappa shape index (κ2) is 5.95. The Labute approximate surface area is 106 Å². The summed E-state index contributed by atoms with van der Waals surface area (Å²) in [5.41, 5.74) is 2.80. The quantitative estimate of drug-likeness (QED) is 0.788. The van der Waals surface area contributed by atoms with Crippen molar-refractivity contribution < 1.29 is 14.6 Å². The number of fused-ring (bicyclic) bond motifs is 1. The lowest BCUT2D eigenvalue weighted by molar-refractivity contribution is 0.0925. The summed E-state index contributed by atoms with van der Waals surface area (Å²) in [4.78, 5) is 6.02. The summed E-state index contributed by atoms with van der Waals surface area (Å²) in [5, 5.41) is 18.2. The van der Waals surface area contributed by atoms with Crippen LogP contribution in [-0.4, -0.2) is 52.9 Å². The molecule has 2 rings (SSSR count). The van der Waals surface area contributed by atoms with Crippen LogP contribution < -0.4 is 0 Å². The molecule has 1 aromatic heterocycles. The van der Waals surface area contributed by atoms with Gasteiger partial charge in [0.2, 0.25) is 0 Å². The van der Waals surface area contributed by atoms with Crippen molar-refractivity contribution in [2.75, 3.05) is 26.8 Å². The fraction of sp³-hybridized carbons (Fsp3) is 0.462. The molecule has 0 radical (unpaired) electrons. The van der Waals surface area contributed by atoms with Gasteiger partial charge in [0.05, 0.1) is 19.3 Å². The molecule has 18 heavy (non-hydrogen) atoms. The number of likely N-dealkylation sites (N-methyl/N-ethyl adjacent to an activating group) is 1. The van der Waals surface area contributed by atoms with E-state index in [4.69, 9.17) is 14.6 Å². The van der Waals surface area contributed by atoms with Crippen LogP contribution in [0.1, 0.15) is 5.56 Å². The molecule has 0 spiro atoms. The molecule has 5 heteroatoms. The largest absolute Gasteiger partial charge is 0.443 e. The highest BCUT2D eigenvalue weighted by atomic mass is 16.3. The van der Waals surface area contributed by atoms with Gasteiger partial charge >= 0.3 is 0 Å². The average Bonchev–Trinajstić information content (AvgIpc) is 2.85. The van der Waals surface area contributed by atoms with Gasteiger partial charge in [-0.1, -0.05) is 6.07 Å². The maximum absolute atomic E-state index is 9.08. The molecule has 1 heterocycles. The van der Waals surface area contributed by atoms with E-state index in [0.717, 1.165) is 29.6 Å². The first-order valence-corrected chi connectivity index (χ1v) is 5.98. The van der Waals surface area contributed by atoms with Crippen LogP contribution in [0.25, 0.3) is 11.1 Å². The van der Waals surface area contributed by atoms with Gasteiger partial charge in [-0.25, -0.2) is 4.98 Å². The van der Waals surface area contributed by atoms with Crippen molar-refractivity contribution in [3.63, 3.8) is 0 Å². The van der Waals surface area contributed by atoms with E-state index in [1.54, 1.807) is 0 Å². The average molecular weight is 250 g/mol. The molecule has 98 valence electrons. The predicted molar refractivity (Wildman–Crippen MR) is 68.3 cm³/mol. The minimum atomic E-state index is -0.195. The smallest absolute Gasteiger partial charge is 0.181 e. The topological polar surface area (TPSA) is 69.7 Å². The van der Waals surface area contributed by atoms with E-state index in [1.807, 2.05) is 30.1 Å². The Bertz CT molecular complexity index is 494. The third-order valence-corrected chi connectivity index (χ3v) is 3.19. The van der Waals surface area contributed by atoms with Crippen molar-refractivity contribution in [1.82, 2.24) is 9.88 Å². The Morgan fingerprint density at radius 1 is 1.33 bits per heavy atom. The maximum atomic E-state index is 9.08. The third-order valence-electron chi connectivity index (χ3n) is 3.19. The molecular formula is C13H18N2O3. The number of benzene rings is 1. The molecule has 0 saturated carbocycles. The van der Waals surface area contributed by atoms with E-state index in [-0.39, 0.29) is 19.3 Å². The van der Waals surface area contributed by atoms with E-state index in [2.05, 4.69) is 4.98 Å². The highest BCUT2D eigenvalue weighted by Gasteiger charge is 2.12. The Morgan fingerprint density at radius 3 is 2.83 bits per heavy atom. The molecular weight excluding hydrogens is 232 g/mol. The number of aliphatic hydroxyl groups excluding tert-OH is 2. The summed E-state index contributed by atoms with van der Waals surface area (Å²) in [6.07, 6.45) is 2.28. The molecule has 0 saturated heterocycles. The molecule has 0 aliphatic carbocycles. The molecule has 0 aliphatic rings. The normalized spacial score (nSPS) is 11.8. The van der Waals surface area contributed by atoms with Crippen LogP contribution in [0.4, 0.5) is 0 Å². The first kappa shape index (κ1) is 13.0. The first-order chi connectivity index (χ1) is 8.74. The number of rotatable bonds is 6. The standard InChI is InChI=1S/C13H18N2O3/c1-15(11(7-16)8-17)5-4-10-2-3-12-13(6-10)18-9-14-12/h2-3,6,9,11,16-17H,4-5,7-8H2,1H3. The van der Waals surface area contributed by atoms with Crippen molar-refractivity contribution in [2.45, 2.75) is 12.5 Å². The zero-order chi connectivity index (χ0) is 13.0. The monoisotopic (exact) mass is 250 g/mol. The predicted octanol–water partition coefficient (Wildman–Crippen LogP) is 0.655. The molecule has 0 unspecified atom stereocenters. The SMILES string of the molecule is CN(CCc1ccc2ncoc2c1)C(CO)CO. The van der Waals surface area contributed by atoms with Crippen LogP contribution in [0, 0.1) is 0 Å². The van der Waals surface area contributed by atoms with Gasteiger partial charge in [0.1, 0.15) is 5.52 Å². The van der Waals surface area contributed by atoms with Crippen molar-refractivity contribution in [3.05, 3.63) is 30.2 Å². The number of oxazole rings is 1. The Morgan fingerprint density at radius 2 is 2.11 bits per heavy atom. The molecule has 1 aromatic carbocycles. The lowest BCUT2D eigenvalue weighted by Crippen LogP contribution is -2.38. The second-order valence-electron chi connectivity index (χ2n) is 4.40. The van der Waals surface area contributed by atoms with Gasteiger partial charge in [-0.15, -0.1) is 0 Å². The fourth-order valence-corrected chi connectivity index (χ4v) is 1.88. The number of aromatic nitrogens is 1. The lowest BCUT2D eigenvalue weighted by atomic mass is 10.1. The number of hydrogen-bond donors (Lipinski definition) is 2. The zero-order valence-corrected chi connectivity index (χ0v) is 10.4. The third kappa shape index (κ3) is 2.87. The minimum absolute atomic E-state index is 0.0336. The van der Waals surface area contributed by atoms with E-state index in [9.17, 15) is 0 Å². The van der Waals surface area contributed by atoms with Crippen molar-refractivity contribution >= 4 is 11.1 Å². The maximum Gasteiger partial charge on any atom is 0.181 e. The van der Waals surface area contributed by atoms with Gasteiger partial charge in [0.15, 0.2) is 12.0 Å². The highest BCUT2D eigenvalue weighted by Crippen LogP contribution is 2.14. The van der Waals surface area contributed by atoms with Gasteiger partial charge in [-0.2, -0.15) is 0 Å². The van der Waals surface area contributed by atoms with Crippen LogP contribution in [0.5, 0.6) is 0 Å². The van der Waals surface area contributed by atoms with Gasteiger partial charge in [0.25, 0.3) is 0 Å². The molecule has 0 atom stereocenters. The van der Waals surface area contributed by atoms with Gasteiger partial charge in [-0.05, 0) is 31.2 Å². The molecule has 0 bridgehead atoms. The first-order valence-electron chi connectivity index (χ1n) is 5.98. The van der Waals surface area contributed by atoms with Gasteiger partial charge in [0, 0.05) is 6.54 Å². The van der Waals surface area contributed by atoms with Crippen LogP contribution in [0.2, 0.25) is 0 Å². The van der Waals surface area contributed by atoms with Gasteiger partial charge < -0.3 is 14.6 Å². The minimum Gasteiger partial charge on any atom is -0.443 e. The number of aliphatic hydroxyl groups is 2. The van der Waals surface area contributed by atoms with Gasteiger partial charge in [-0.3, -0.25) is 4.90 Å². The lowest BCUT2D eigenvalue weighted by Gasteiger charge is -2.24. The fourth-order valence-electron chi connectivity index (χ4n) is 1.88. The zero-order valence-electron chi connectivity index (χ0n) is 10.4. The van der Waals surface area contributed by atoms with Crippen LogP contribution in [0.15, 0.2) is 29.0 Å². The summed E-state index contributed by atoms with van der Waals surface area (Å²) < 4.78 is 5.25. The summed E-state index contributed by atoms with van der Waals surface area (Å²) in [6.45, 7) is 0.702. The highest BCUT2D eigenvalue weighted by molar-refractivity contribution is 5.72. The molecule has 0 amide bonds. The molecule has 0 fully saturated rings. The summed E-state index contributed by atoms with van der Waals surface area (Å²) in [5.74, 6) is 0. The van der Waals surface area contributed by atoms with Crippen LogP contribution in [-0.2, 0) is 6.42 Å². The summed E-state index contributed by atoms with van der Waals surface area (Å²) in [7, 11) is 1.89. The molecule has 5 nitrogen and oxygen atoms in total. The van der Waals surface area contributed by atoms with E-state index >= 15 is 0 Å². The molecule has 2 N–H and O–H groups in total. The van der Waals surface area contributed by atoms with Crippen molar-refractivity contribution in [1.29, 1.82) is 0 Å².